The standard InChI is InChI=1S/C16H13BrFNO/c1-19-15(16-13(17)8-9-20-16)12-6-7-14(18)11-5-3-2-4-10(11)12/h2-9,15,19H,1H3. The van der Waals surface area contributed by atoms with Gasteiger partial charge in [0.05, 0.1) is 16.8 Å². The topological polar surface area (TPSA) is 25.2 Å². The molecule has 0 saturated carbocycles. The molecule has 0 radical (unpaired) electrons. The molecule has 4 heteroatoms. The molecule has 2 aromatic carbocycles. The van der Waals surface area contributed by atoms with Crippen LogP contribution in [0.1, 0.15) is 17.4 Å². The second kappa shape index (κ2) is 5.38. The fraction of sp³-hybridized carbons (Fsp3) is 0.125. The van der Waals surface area contributed by atoms with Gasteiger partial charge in [-0.2, -0.15) is 0 Å². The van der Waals surface area contributed by atoms with Gasteiger partial charge in [-0.15, -0.1) is 0 Å². The molecule has 3 rings (SSSR count). The molecule has 0 spiro atoms. The van der Waals surface area contributed by atoms with Crippen molar-refractivity contribution in [3.05, 3.63) is 70.3 Å². The highest BCUT2D eigenvalue weighted by Gasteiger charge is 2.21. The molecule has 102 valence electrons. The number of furan rings is 1. The predicted octanol–water partition coefficient (Wildman–Crippen LogP) is 4.64. The van der Waals surface area contributed by atoms with Gasteiger partial charge in [0.2, 0.25) is 0 Å². The fourth-order valence-corrected chi connectivity index (χ4v) is 2.91. The Morgan fingerprint density at radius 1 is 1.10 bits per heavy atom. The third-order valence-electron chi connectivity index (χ3n) is 3.41. The van der Waals surface area contributed by atoms with Gasteiger partial charge < -0.3 is 9.73 Å². The Labute approximate surface area is 124 Å². The third-order valence-corrected chi connectivity index (χ3v) is 4.07. The first-order valence-electron chi connectivity index (χ1n) is 6.29. The van der Waals surface area contributed by atoms with E-state index in [2.05, 4.69) is 21.2 Å². The lowest BCUT2D eigenvalue weighted by Gasteiger charge is -2.17. The first-order chi connectivity index (χ1) is 9.72. The van der Waals surface area contributed by atoms with Crippen LogP contribution >= 0.6 is 15.9 Å². The van der Waals surface area contributed by atoms with Crippen LogP contribution < -0.4 is 5.32 Å². The molecule has 0 fully saturated rings. The van der Waals surface area contributed by atoms with Crippen LogP contribution in [0.15, 0.2) is 57.6 Å². The van der Waals surface area contributed by atoms with Crippen molar-refractivity contribution < 1.29 is 8.81 Å². The van der Waals surface area contributed by atoms with E-state index in [-0.39, 0.29) is 11.9 Å². The minimum Gasteiger partial charge on any atom is -0.466 e. The second-order valence-corrected chi connectivity index (χ2v) is 5.39. The van der Waals surface area contributed by atoms with Gasteiger partial charge in [-0.1, -0.05) is 30.3 Å². The fourth-order valence-electron chi connectivity index (χ4n) is 2.48. The Balaban J connectivity index is 2.23. The summed E-state index contributed by atoms with van der Waals surface area (Å²) in [6.45, 7) is 0. The zero-order valence-electron chi connectivity index (χ0n) is 10.9. The molecule has 0 bridgehead atoms. The average Bonchev–Trinajstić information content (AvgIpc) is 2.89. The zero-order valence-corrected chi connectivity index (χ0v) is 12.4. The summed E-state index contributed by atoms with van der Waals surface area (Å²) < 4.78 is 20.3. The number of fused-ring (bicyclic) bond motifs is 1. The Kier molecular flexibility index (Phi) is 3.59. The molecule has 1 unspecified atom stereocenters. The maximum atomic E-state index is 13.9. The van der Waals surface area contributed by atoms with Gasteiger partial charge in [0.15, 0.2) is 0 Å². The maximum Gasteiger partial charge on any atom is 0.139 e. The summed E-state index contributed by atoms with van der Waals surface area (Å²) in [7, 11) is 1.86. The van der Waals surface area contributed by atoms with Crippen LogP contribution in [0.2, 0.25) is 0 Å². The monoisotopic (exact) mass is 333 g/mol. The SMILES string of the molecule is CNC(c1occc1Br)c1ccc(F)c2ccccc12. The van der Waals surface area contributed by atoms with Crippen LogP contribution in [0.5, 0.6) is 0 Å². The van der Waals surface area contributed by atoms with E-state index in [0.717, 1.165) is 21.2 Å². The lowest BCUT2D eigenvalue weighted by Crippen LogP contribution is -2.18. The van der Waals surface area contributed by atoms with E-state index in [1.165, 1.54) is 6.07 Å². The average molecular weight is 334 g/mol. The molecule has 3 aromatic rings. The molecule has 0 aliphatic rings. The third kappa shape index (κ3) is 2.15. The molecule has 1 N–H and O–H groups in total. The highest BCUT2D eigenvalue weighted by molar-refractivity contribution is 9.10. The first kappa shape index (κ1) is 13.3. The normalized spacial score (nSPS) is 12.8. The molecule has 0 amide bonds. The number of hydrogen-bond acceptors (Lipinski definition) is 2. The Morgan fingerprint density at radius 3 is 2.50 bits per heavy atom. The van der Waals surface area contributed by atoms with Crippen LogP contribution in [-0.4, -0.2) is 7.05 Å². The number of halogens is 2. The molecule has 1 aromatic heterocycles. The lowest BCUT2D eigenvalue weighted by atomic mass is 9.97. The number of hydrogen-bond donors (Lipinski definition) is 1. The van der Waals surface area contributed by atoms with Gasteiger partial charge in [-0.3, -0.25) is 0 Å². The van der Waals surface area contributed by atoms with Crippen molar-refractivity contribution in [2.75, 3.05) is 7.05 Å². The van der Waals surface area contributed by atoms with Gasteiger partial charge in [-0.25, -0.2) is 4.39 Å². The van der Waals surface area contributed by atoms with E-state index >= 15 is 0 Å². The van der Waals surface area contributed by atoms with Gasteiger partial charge in [0.25, 0.3) is 0 Å². The molecular weight excluding hydrogens is 321 g/mol. The van der Waals surface area contributed by atoms with E-state index in [0.29, 0.717) is 5.39 Å². The summed E-state index contributed by atoms with van der Waals surface area (Å²) in [5.74, 6) is 0.571. The van der Waals surface area contributed by atoms with Crippen molar-refractivity contribution in [1.82, 2.24) is 5.32 Å². The van der Waals surface area contributed by atoms with Gasteiger partial charge in [0.1, 0.15) is 11.6 Å². The summed E-state index contributed by atoms with van der Waals surface area (Å²) >= 11 is 3.48. The van der Waals surface area contributed by atoms with Crippen LogP contribution in [-0.2, 0) is 0 Å². The number of benzene rings is 2. The smallest absolute Gasteiger partial charge is 0.139 e. The summed E-state index contributed by atoms with van der Waals surface area (Å²) in [4.78, 5) is 0. The van der Waals surface area contributed by atoms with Crippen LogP contribution in [0.25, 0.3) is 10.8 Å². The van der Waals surface area contributed by atoms with Crippen LogP contribution in [0, 0.1) is 5.82 Å². The van der Waals surface area contributed by atoms with Crippen LogP contribution in [0.3, 0.4) is 0 Å². The van der Waals surface area contributed by atoms with Gasteiger partial charge >= 0.3 is 0 Å². The summed E-state index contributed by atoms with van der Waals surface area (Å²) in [6, 6.07) is 12.5. The summed E-state index contributed by atoms with van der Waals surface area (Å²) in [5.41, 5.74) is 0.986. The molecule has 0 aliphatic carbocycles. The number of rotatable bonds is 3. The highest BCUT2D eigenvalue weighted by atomic mass is 79.9. The Hall–Kier alpha value is -1.65. The largest absolute Gasteiger partial charge is 0.466 e. The van der Waals surface area contributed by atoms with Crippen molar-refractivity contribution in [1.29, 1.82) is 0 Å². The summed E-state index contributed by atoms with van der Waals surface area (Å²) in [6.07, 6.45) is 1.63. The zero-order chi connectivity index (χ0) is 14.1. The number of nitrogens with one attached hydrogen (secondary N) is 1. The molecule has 20 heavy (non-hydrogen) atoms. The molecule has 1 atom stereocenters. The highest BCUT2D eigenvalue weighted by Crippen LogP contribution is 2.33. The van der Waals surface area contributed by atoms with Crippen molar-refractivity contribution in [3.63, 3.8) is 0 Å². The Morgan fingerprint density at radius 2 is 1.85 bits per heavy atom. The van der Waals surface area contributed by atoms with E-state index in [1.807, 2.05) is 31.3 Å². The van der Waals surface area contributed by atoms with Crippen molar-refractivity contribution >= 4 is 26.7 Å². The maximum absolute atomic E-state index is 13.9. The Bertz CT molecular complexity index is 753. The first-order valence-corrected chi connectivity index (χ1v) is 7.09. The van der Waals surface area contributed by atoms with Gasteiger partial charge in [0, 0.05) is 5.39 Å². The van der Waals surface area contributed by atoms with E-state index < -0.39 is 0 Å². The van der Waals surface area contributed by atoms with E-state index in [1.54, 1.807) is 18.4 Å². The second-order valence-electron chi connectivity index (χ2n) is 4.54. The molecule has 0 aliphatic heterocycles. The molecule has 1 heterocycles. The van der Waals surface area contributed by atoms with Crippen molar-refractivity contribution in [2.45, 2.75) is 6.04 Å². The van der Waals surface area contributed by atoms with E-state index in [9.17, 15) is 4.39 Å². The minimum atomic E-state index is -0.210. The quantitative estimate of drug-likeness (QED) is 0.755. The van der Waals surface area contributed by atoms with Gasteiger partial charge in [-0.05, 0) is 46.1 Å². The van der Waals surface area contributed by atoms with E-state index in [4.69, 9.17) is 4.42 Å². The lowest BCUT2D eigenvalue weighted by molar-refractivity contribution is 0.462. The molecular formula is C16H13BrFNO. The molecule has 2 nitrogen and oxygen atoms in total. The van der Waals surface area contributed by atoms with Crippen molar-refractivity contribution in [3.8, 4) is 0 Å². The molecule has 0 saturated heterocycles. The van der Waals surface area contributed by atoms with Crippen molar-refractivity contribution in [2.24, 2.45) is 0 Å². The minimum absolute atomic E-state index is 0.134. The predicted molar refractivity (Wildman–Crippen MR) is 81.2 cm³/mol. The van der Waals surface area contributed by atoms with Crippen LogP contribution in [0.4, 0.5) is 4.39 Å². The summed E-state index contributed by atoms with van der Waals surface area (Å²) in [5, 5.41) is 4.73.